The molecular weight excluding hydrogens is 337 g/mol. The van der Waals surface area contributed by atoms with E-state index >= 15 is 0 Å². The van der Waals surface area contributed by atoms with Crippen LogP contribution in [0, 0.1) is 11.7 Å². The minimum atomic E-state index is -1.36. The summed E-state index contributed by atoms with van der Waals surface area (Å²) in [5.41, 5.74) is 0.944. The molecule has 1 N–H and O–H groups in total. The maximum Gasteiger partial charge on any atom is 0.336 e. The Morgan fingerprint density at radius 2 is 1.69 bits per heavy atom. The maximum absolute atomic E-state index is 13.0. The Morgan fingerprint density at radius 1 is 1.04 bits per heavy atom. The lowest BCUT2D eigenvalue weighted by Crippen LogP contribution is -2.48. The Labute approximate surface area is 150 Å². The largest absolute Gasteiger partial charge is 0.459 e. The second kappa shape index (κ2) is 7.91. The molecule has 0 saturated heterocycles. The van der Waals surface area contributed by atoms with Crippen molar-refractivity contribution in [2.45, 2.75) is 25.5 Å². The molecule has 1 aliphatic rings. The Kier molecular flexibility index (Phi) is 5.41. The number of hydrogen-bond donors (Lipinski definition) is 1. The van der Waals surface area contributed by atoms with E-state index in [0.29, 0.717) is 12.8 Å². The second-order valence-corrected chi connectivity index (χ2v) is 6.18. The van der Waals surface area contributed by atoms with E-state index in [1.54, 1.807) is 12.1 Å². The smallest absolute Gasteiger partial charge is 0.336 e. The van der Waals surface area contributed by atoms with Gasteiger partial charge in [-0.05, 0) is 42.7 Å². The van der Waals surface area contributed by atoms with E-state index in [2.05, 4.69) is 5.32 Å². The van der Waals surface area contributed by atoms with Crippen LogP contribution < -0.4 is 5.32 Å². The summed E-state index contributed by atoms with van der Waals surface area (Å²) in [6.45, 7) is 0.0144. The van der Waals surface area contributed by atoms with Crippen molar-refractivity contribution < 1.29 is 23.5 Å². The molecule has 1 fully saturated rings. The van der Waals surface area contributed by atoms with Crippen LogP contribution in [0.5, 0.6) is 0 Å². The topological polar surface area (TPSA) is 72.5 Å². The minimum absolute atomic E-state index is 0.0144. The molecule has 134 valence electrons. The Morgan fingerprint density at radius 3 is 2.31 bits per heavy atom. The highest BCUT2D eigenvalue weighted by molar-refractivity contribution is 6.09. The zero-order chi connectivity index (χ0) is 18.5. The highest BCUT2D eigenvalue weighted by atomic mass is 19.1. The fraction of sp³-hybridized carbons (Fsp3) is 0.250. The number of amides is 1. The highest BCUT2D eigenvalue weighted by Gasteiger charge is 2.40. The van der Waals surface area contributed by atoms with Gasteiger partial charge in [-0.3, -0.25) is 9.59 Å². The molecule has 0 heterocycles. The van der Waals surface area contributed by atoms with Gasteiger partial charge in [-0.15, -0.1) is 0 Å². The number of halogens is 1. The third kappa shape index (κ3) is 4.53. The minimum Gasteiger partial charge on any atom is -0.459 e. The first-order chi connectivity index (χ1) is 12.5. The van der Waals surface area contributed by atoms with Gasteiger partial charge >= 0.3 is 5.97 Å². The third-order valence-corrected chi connectivity index (χ3v) is 4.11. The number of hydrogen-bond acceptors (Lipinski definition) is 4. The molecule has 26 heavy (non-hydrogen) atoms. The Hall–Kier alpha value is -3.02. The van der Waals surface area contributed by atoms with Gasteiger partial charge in [-0.2, -0.15) is 0 Å². The molecule has 5 nitrogen and oxygen atoms in total. The first kappa shape index (κ1) is 17.8. The van der Waals surface area contributed by atoms with Gasteiger partial charge in [0.1, 0.15) is 12.4 Å². The number of benzene rings is 2. The van der Waals surface area contributed by atoms with E-state index in [0.717, 1.165) is 17.7 Å². The summed E-state index contributed by atoms with van der Waals surface area (Å²) < 4.78 is 18.2. The molecule has 1 saturated carbocycles. The number of carbonyl (C=O) groups is 3. The van der Waals surface area contributed by atoms with Crippen molar-refractivity contribution in [3.05, 3.63) is 71.5 Å². The zero-order valence-electron chi connectivity index (χ0n) is 14.0. The van der Waals surface area contributed by atoms with E-state index in [9.17, 15) is 18.8 Å². The Balaban J connectivity index is 1.68. The van der Waals surface area contributed by atoms with Crippen molar-refractivity contribution in [3.63, 3.8) is 0 Å². The second-order valence-electron chi connectivity index (χ2n) is 6.18. The molecule has 2 aromatic carbocycles. The van der Waals surface area contributed by atoms with Crippen LogP contribution in [-0.2, 0) is 20.9 Å². The van der Waals surface area contributed by atoms with Gasteiger partial charge in [0.15, 0.2) is 11.8 Å². The van der Waals surface area contributed by atoms with Crippen molar-refractivity contribution in [2.24, 2.45) is 5.92 Å². The van der Waals surface area contributed by atoms with E-state index < -0.39 is 23.7 Å². The molecule has 1 aliphatic carbocycles. The number of ether oxygens (including phenoxy) is 1. The lowest BCUT2D eigenvalue weighted by atomic mass is 10.1. The molecule has 1 unspecified atom stereocenters. The summed E-state index contributed by atoms with van der Waals surface area (Å²) >= 11 is 0. The van der Waals surface area contributed by atoms with Crippen LogP contribution in [-0.4, -0.2) is 23.7 Å². The van der Waals surface area contributed by atoms with Gasteiger partial charge in [0.2, 0.25) is 0 Å². The van der Waals surface area contributed by atoms with E-state index in [4.69, 9.17) is 4.74 Å². The summed E-state index contributed by atoms with van der Waals surface area (Å²) in [6, 6.07) is 12.6. The van der Waals surface area contributed by atoms with Crippen molar-refractivity contribution in [1.29, 1.82) is 0 Å². The van der Waals surface area contributed by atoms with Crippen LogP contribution in [0.1, 0.15) is 28.8 Å². The highest BCUT2D eigenvalue weighted by Crippen LogP contribution is 2.31. The van der Waals surface area contributed by atoms with Gasteiger partial charge in [-0.25, -0.2) is 9.18 Å². The Bertz CT molecular complexity index is 800. The summed E-state index contributed by atoms with van der Waals surface area (Å²) in [5, 5.41) is 2.42. The van der Waals surface area contributed by atoms with Crippen LogP contribution >= 0.6 is 0 Å². The molecule has 3 rings (SSSR count). The number of rotatable bonds is 7. The van der Waals surface area contributed by atoms with E-state index in [1.807, 2.05) is 18.2 Å². The lowest BCUT2D eigenvalue weighted by molar-refractivity contribution is -0.150. The summed E-state index contributed by atoms with van der Waals surface area (Å²) in [5.74, 6) is -2.47. The van der Waals surface area contributed by atoms with E-state index in [1.165, 1.54) is 12.1 Å². The first-order valence-electron chi connectivity index (χ1n) is 8.35. The molecule has 2 aromatic rings. The number of Topliss-reactive ketones (excluding diaryl/α,β-unsaturated/α-hetero) is 1. The monoisotopic (exact) mass is 355 g/mol. The number of ketones is 1. The zero-order valence-corrected chi connectivity index (χ0v) is 14.0. The van der Waals surface area contributed by atoms with Gasteiger partial charge in [0.05, 0.1) is 0 Å². The van der Waals surface area contributed by atoms with E-state index in [-0.39, 0.29) is 23.9 Å². The van der Waals surface area contributed by atoms with Gasteiger partial charge in [-0.1, -0.05) is 30.3 Å². The fourth-order valence-corrected chi connectivity index (χ4v) is 2.48. The quantitative estimate of drug-likeness (QED) is 0.612. The normalized spacial score (nSPS) is 14.3. The number of nitrogens with one attached hydrogen (secondary N) is 1. The molecule has 0 aromatic heterocycles. The van der Waals surface area contributed by atoms with Crippen molar-refractivity contribution >= 4 is 17.7 Å². The molecule has 1 atom stereocenters. The molecule has 6 heteroatoms. The average Bonchev–Trinajstić information content (AvgIpc) is 3.50. The van der Waals surface area contributed by atoms with Gasteiger partial charge in [0.25, 0.3) is 5.91 Å². The van der Waals surface area contributed by atoms with Crippen molar-refractivity contribution in [2.75, 3.05) is 0 Å². The summed E-state index contributed by atoms with van der Waals surface area (Å²) in [6.07, 6.45) is 1.40. The SMILES string of the molecule is O=C(NC(C(=O)OCc1ccccc1)C(=O)C1CC1)c1ccc(F)cc1. The van der Waals surface area contributed by atoms with Crippen LogP contribution in [0.2, 0.25) is 0 Å². The van der Waals surface area contributed by atoms with Gasteiger partial charge < -0.3 is 10.1 Å². The third-order valence-electron chi connectivity index (χ3n) is 4.11. The standard InChI is InChI=1S/C20H18FNO4/c21-16-10-8-15(9-11-16)19(24)22-17(18(23)14-6-7-14)20(25)26-12-13-4-2-1-3-5-13/h1-5,8-11,14,17H,6-7,12H2,(H,22,24). The number of carbonyl (C=O) groups excluding carboxylic acids is 3. The average molecular weight is 355 g/mol. The van der Waals surface area contributed by atoms with Crippen molar-refractivity contribution in [1.82, 2.24) is 5.32 Å². The van der Waals surface area contributed by atoms with Crippen molar-refractivity contribution in [3.8, 4) is 0 Å². The molecule has 0 spiro atoms. The number of esters is 1. The maximum atomic E-state index is 13.0. The molecule has 1 amide bonds. The predicted octanol–water partition coefficient (Wildman–Crippen LogP) is 2.65. The lowest BCUT2D eigenvalue weighted by Gasteiger charge is -2.17. The predicted molar refractivity (Wildman–Crippen MR) is 91.6 cm³/mol. The summed E-state index contributed by atoms with van der Waals surface area (Å²) in [4.78, 5) is 37.1. The molecular formula is C20H18FNO4. The molecule has 0 aliphatic heterocycles. The van der Waals surface area contributed by atoms with Gasteiger partial charge in [0, 0.05) is 11.5 Å². The van der Waals surface area contributed by atoms with Crippen LogP contribution in [0.25, 0.3) is 0 Å². The van der Waals surface area contributed by atoms with Crippen LogP contribution in [0.4, 0.5) is 4.39 Å². The van der Waals surface area contributed by atoms with Crippen LogP contribution in [0.3, 0.4) is 0 Å². The summed E-state index contributed by atoms with van der Waals surface area (Å²) in [7, 11) is 0. The van der Waals surface area contributed by atoms with Crippen LogP contribution in [0.15, 0.2) is 54.6 Å². The first-order valence-corrected chi connectivity index (χ1v) is 8.35. The molecule has 0 bridgehead atoms. The molecule has 0 radical (unpaired) electrons. The fourth-order valence-electron chi connectivity index (χ4n) is 2.48.